The third-order valence-electron chi connectivity index (χ3n) is 16.6. The number of nitrogens with one attached hydrogen (secondary N) is 3. The molecule has 0 radical (unpaired) electrons. The number of carbonyl (C=O) groups excluding carboxylic acids is 5. The summed E-state index contributed by atoms with van der Waals surface area (Å²) in [5, 5.41) is 12.9. The smallest absolute Gasteiger partial charge is 0.268 e. The summed E-state index contributed by atoms with van der Waals surface area (Å²) in [6.07, 6.45) is 14.9. The second kappa shape index (κ2) is 15.5. The Kier molecular flexibility index (Phi) is 11.6. The average Bonchev–Trinajstić information content (AvgIpc) is 3.61. The third kappa shape index (κ3) is 7.55. The van der Waals surface area contributed by atoms with Gasteiger partial charge in [-0.15, -0.1) is 6.58 Å². The normalized spacial score (nSPS) is 29.7. The molecule has 3 heterocycles. The molecule has 4 aliphatic carbocycles. The van der Waals surface area contributed by atoms with Crippen molar-refractivity contribution in [3.63, 3.8) is 0 Å². The number of nitrogens with zero attached hydrogens (tertiary/aromatic N) is 2. The fourth-order valence-electron chi connectivity index (χ4n) is 12.3. The first kappa shape index (κ1) is 45.3. The van der Waals surface area contributed by atoms with Gasteiger partial charge in [0.05, 0.1) is 15.5 Å². The summed E-state index contributed by atoms with van der Waals surface area (Å²) in [7, 11) is -3.81. The zero-order chi connectivity index (χ0) is 44.6. The number of H-pyrrole nitrogens is 1. The Morgan fingerprint density at radius 2 is 1.57 bits per heavy atom. The van der Waals surface area contributed by atoms with Crippen molar-refractivity contribution in [2.75, 3.05) is 25.9 Å². The quantitative estimate of drug-likeness (QED) is 0.191. The van der Waals surface area contributed by atoms with E-state index >= 15 is 0 Å². The van der Waals surface area contributed by atoms with Gasteiger partial charge in [-0.05, 0) is 98.5 Å². The number of hydrogen-bond acceptors (Lipinski definition) is 6. The van der Waals surface area contributed by atoms with Crippen LogP contribution in [0.4, 0.5) is 0 Å². The molecule has 6 aliphatic rings. The van der Waals surface area contributed by atoms with E-state index in [1.807, 2.05) is 52.0 Å². The molecule has 336 valence electrons. The van der Waals surface area contributed by atoms with Gasteiger partial charge >= 0.3 is 0 Å². The Balaban J connectivity index is 0.000000276. The van der Waals surface area contributed by atoms with Crippen LogP contribution in [-0.2, 0) is 28.6 Å². The molecule has 4 saturated carbocycles. The zero-order valence-electron chi connectivity index (χ0n) is 38.0. The molecule has 2 unspecified atom stereocenters. The molecule has 1 aromatic carbocycles. The van der Waals surface area contributed by atoms with Crippen molar-refractivity contribution < 1.29 is 28.2 Å². The van der Waals surface area contributed by atoms with Crippen LogP contribution in [0.3, 0.4) is 0 Å². The first-order chi connectivity index (χ1) is 28.4. The number of Topliss-reactive ketones (excluding diaryl/α,β-unsaturated/α-hetero) is 1. The van der Waals surface area contributed by atoms with Crippen LogP contribution in [0.2, 0.25) is 0 Å². The van der Waals surface area contributed by atoms with E-state index in [9.17, 15) is 28.2 Å². The number of para-hydroxylation sites is 1. The monoisotopic (exact) mass is 861 g/mol. The standard InChI is InChI=1S/C36H50N4O4.C12H22N2O2S/c1-22(41)27-20-36(34(5,6)35(36)17-12-18-35)21-40(27)32(44)29(33(2,3)4)39-31(43)28(23-13-8-7-9-14-23)38-30(42)26-19-24-15-10-11-16-25(24)37-26;1-4-10-9-12(10,2)11(15)17(3,13,16)14-7-5-6-8-14/h10-11,15-16,19,23,27-29,37H,7-9,12-14,17-18,20-21H2,1-6H3,(H,38,42)(H,39,43);4,10H,1,5-9H2,2-3H3,(H2,13,16)/t27?,28?,29-,36-;10-,12+/m11/s1. The summed E-state index contributed by atoms with van der Waals surface area (Å²) < 4.78 is 14.7. The van der Waals surface area contributed by atoms with Gasteiger partial charge < -0.3 is 20.5 Å². The molecule has 13 heteroatoms. The van der Waals surface area contributed by atoms with Crippen LogP contribution < -0.4 is 15.8 Å². The number of fused-ring (bicyclic) bond motifs is 2. The SMILES string of the molecule is C=C[C@@H]1C[C@]1(C)C(=O)S(C)(N)(=O)N1CCCC1.CC(=O)C1C[C@@]2(CN1C(=O)[C@@H](NC(=O)C(NC(=O)c1cc3ccccc3[nH]1)C1CCCCC1)C(C)(C)C)C(C)(C)C21CCC1. The van der Waals surface area contributed by atoms with Crippen LogP contribution in [0.5, 0.6) is 0 Å². The van der Waals surface area contributed by atoms with Gasteiger partial charge in [0.1, 0.15) is 17.8 Å². The van der Waals surface area contributed by atoms with Gasteiger partial charge in [0.25, 0.3) is 5.91 Å². The number of allylic oxidation sites excluding steroid dienone is 1. The number of likely N-dealkylation sites (tertiary alicyclic amines) is 1. The van der Waals surface area contributed by atoms with Crippen molar-refractivity contribution in [3.8, 4) is 0 Å². The van der Waals surface area contributed by atoms with Crippen LogP contribution in [0.1, 0.15) is 136 Å². The predicted molar refractivity (Wildman–Crippen MR) is 241 cm³/mol. The molecule has 1 aromatic heterocycles. The van der Waals surface area contributed by atoms with E-state index in [2.05, 4.69) is 36.0 Å². The maximum absolute atomic E-state index is 14.5. The topological polar surface area (TPSA) is 175 Å². The van der Waals surface area contributed by atoms with Gasteiger partial charge in [0.15, 0.2) is 5.78 Å². The van der Waals surface area contributed by atoms with Gasteiger partial charge in [0, 0.05) is 47.6 Å². The highest BCUT2D eigenvalue weighted by Crippen LogP contribution is 2.88. The van der Waals surface area contributed by atoms with Gasteiger partial charge in [-0.1, -0.05) is 91.5 Å². The lowest BCUT2D eigenvalue weighted by molar-refractivity contribution is -0.143. The first-order valence-corrected chi connectivity index (χ1v) is 25.2. The Morgan fingerprint density at radius 1 is 0.934 bits per heavy atom. The van der Waals surface area contributed by atoms with E-state index in [4.69, 9.17) is 5.14 Å². The molecule has 2 aromatic rings. The second-order valence-electron chi connectivity index (χ2n) is 21.6. The average molecular weight is 861 g/mol. The van der Waals surface area contributed by atoms with Gasteiger partial charge in [-0.25, -0.2) is 8.51 Å². The van der Waals surface area contributed by atoms with Gasteiger partial charge in [-0.2, -0.15) is 0 Å². The molecular weight excluding hydrogens is 789 g/mol. The second-order valence-corrected chi connectivity index (χ2v) is 25.2. The van der Waals surface area contributed by atoms with Gasteiger partial charge in [0.2, 0.25) is 16.9 Å². The van der Waals surface area contributed by atoms with Crippen molar-refractivity contribution in [2.45, 2.75) is 144 Å². The van der Waals surface area contributed by atoms with Crippen LogP contribution in [0, 0.1) is 38.9 Å². The maximum atomic E-state index is 14.5. The Labute approximate surface area is 363 Å². The van der Waals surface area contributed by atoms with Gasteiger partial charge in [-0.3, -0.25) is 29.1 Å². The Bertz CT molecular complexity index is 2130. The zero-order valence-corrected chi connectivity index (χ0v) is 38.8. The van der Waals surface area contributed by atoms with Crippen LogP contribution in [0.15, 0.2) is 43.0 Å². The molecule has 61 heavy (non-hydrogen) atoms. The predicted octanol–water partition coefficient (Wildman–Crippen LogP) is 6.82. The number of hydrogen-bond donors (Lipinski definition) is 4. The van der Waals surface area contributed by atoms with Crippen molar-refractivity contribution >= 4 is 49.0 Å². The minimum absolute atomic E-state index is 0.0112. The summed E-state index contributed by atoms with van der Waals surface area (Å²) in [6.45, 7) is 19.5. The molecule has 2 saturated heterocycles. The molecular formula is C48H72N6O6S. The fraction of sp³-hybridized carbons (Fsp3) is 0.688. The van der Waals surface area contributed by atoms with Crippen molar-refractivity contribution in [2.24, 2.45) is 44.0 Å². The van der Waals surface area contributed by atoms with Crippen LogP contribution in [-0.4, -0.2) is 91.0 Å². The molecule has 3 amide bonds. The highest BCUT2D eigenvalue weighted by Gasteiger charge is 2.85. The minimum atomic E-state index is -3.81. The fourth-order valence-corrected chi connectivity index (χ4v) is 15.1. The molecule has 12 nitrogen and oxygen atoms in total. The number of aromatic nitrogens is 1. The molecule has 6 atom stereocenters. The Morgan fingerprint density at radius 3 is 2.10 bits per heavy atom. The number of nitrogens with two attached hydrogens (primary N) is 1. The number of carbonyl (C=O) groups is 5. The molecule has 6 fully saturated rings. The van der Waals surface area contributed by atoms with E-state index in [0.717, 1.165) is 75.1 Å². The highest BCUT2D eigenvalue weighted by atomic mass is 32.3. The number of amides is 3. The summed E-state index contributed by atoms with van der Waals surface area (Å²) >= 11 is 0. The maximum Gasteiger partial charge on any atom is 0.268 e. The van der Waals surface area contributed by atoms with Crippen LogP contribution >= 0.6 is 0 Å². The van der Waals surface area contributed by atoms with E-state index in [-0.39, 0.29) is 56.7 Å². The summed E-state index contributed by atoms with van der Waals surface area (Å²) in [4.78, 5) is 72.7. The summed E-state index contributed by atoms with van der Waals surface area (Å²) in [5.74, 6) is -0.721. The van der Waals surface area contributed by atoms with Crippen molar-refractivity contribution in [3.05, 3.63) is 48.7 Å². The van der Waals surface area contributed by atoms with E-state index in [1.54, 1.807) is 28.3 Å². The third-order valence-corrected chi connectivity index (χ3v) is 19.7. The van der Waals surface area contributed by atoms with E-state index < -0.39 is 38.4 Å². The molecule has 5 N–H and O–H groups in total. The Hall–Kier alpha value is -3.68. The molecule has 2 spiro atoms. The van der Waals surface area contributed by atoms with Crippen LogP contribution in [0.25, 0.3) is 10.9 Å². The lowest BCUT2D eigenvalue weighted by atomic mass is 9.73. The lowest BCUT2D eigenvalue weighted by Crippen LogP contribution is -2.62. The number of aromatic amines is 1. The minimum Gasteiger partial charge on any atom is -0.351 e. The molecule has 0 bridgehead atoms. The lowest BCUT2D eigenvalue weighted by Gasteiger charge is -2.42. The van der Waals surface area contributed by atoms with E-state index in [0.29, 0.717) is 31.7 Å². The number of benzene rings is 1. The first-order valence-electron chi connectivity index (χ1n) is 22.8. The van der Waals surface area contributed by atoms with Crippen molar-refractivity contribution in [1.29, 1.82) is 0 Å². The van der Waals surface area contributed by atoms with E-state index in [1.165, 1.54) is 12.7 Å². The summed E-state index contributed by atoms with van der Waals surface area (Å²) in [6, 6.07) is 7.44. The number of rotatable bonds is 10. The molecule has 2 aliphatic heterocycles. The largest absolute Gasteiger partial charge is 0.351 e. The number of ketones is 1. The highest BCUT2D eigenvalue weighted by molar-refractivity contribution is 8.28. The van der Waals surface area contributed by atoms with Crippen molar-refractivity contribution in [1.82, 2.24) is 24.8 Å². The molecule has 8 rings (SSSR count). The summed E-state index contributed by atoms with van der Waals surface area (Å²) in [5.41, 5.74) is 0.358.